The summed E-state index contributed by atoms with van der Waals surface area (Å²) in [6, 6.07) is 11.3. The summed E-state index contributed by atoms with van der Waals surface area (Å²) in [6.07, 6.45) is 2.86. The summed E-state index contributed by atoms with van der Waals surface area (Å²) in [7, 11) is 0. The smallest absolute Gasteiger partial charge is 0.284 e. The second-order valence-corrected chi connectivity index (χ2v) is 5.41. The molecule has 0 aliphatic carbocycles. The van der Waals surface area contributed by atoms with Gasteiger partial charge in [-0.2, -0.15) is 0 Å². The summed E-state index contributed by atoms with van der Waals surface area (Å²) < 4.78 is 0.391. The molecule has 0 aromatic heterocycles. The van der Waals surface area contributed by atoms with Crippen LogP contribution in [0.15, 0.2) is 53.0 Å². The Bertz CT molecular complexity index is 743. The van der Waals surface area contributed by atoms with E-state index in [1.54, 1.807) is 36.4 Å². The molecule has 2 aromatic rings. The molecule has 0 aliphatic heterocycles. The Balaban J connectivity index is 2.26. The average Bonchev–Trinajstić information content (AvgIpc) is 2.46. The lowest BCUT2D eigenvalue weighted by molar-refractivity contribution is -0.385. The lowest BCUT2D eigenvalue weighted by atomic mass is 10.1. The Morgan fingerprint density at radius 3 is 2.62 bits per heavy atom. The van der Waals surface area contributed by atoms with Crippen LogP contribution in [0, 0.1) is 10.1 Å². The quantitative estimate of drug-likeness (QED) is 0.334. The van der Waals surface area contributed by atoms with Gasteiger partial charge in [0.2, 0.25) is 0 Å². The largest absolute Gasteiger partial charge is 0.289 e. The molecule has 0 saturated carbocycles. The summed E-state index contributed by atoms with van der Waals surface area (Å²) in [5.41, 5.74) is 0.898. The van der Waals surface area contributed by atoms with Crippen LogP contribution in [0.25, 0.3) is 6.08 Å². The SMILES string of the molecule is O=C(/C=C/c1ccc(Br)c([N+](=O)[O-])c1)c1ccccc1Cl. The highest BCUT2D eigenvalue weighted by molar-refractivity contribution is 9.10. The van der Waals surface area contributed by atoms with Crippen molar-refractivity contribution in [3.05, 3.63) is 79.3 Å². The molecule has 0 bridgehead atoms. The predicted molar refractivity (Wildman–Crippen MR) is 85.6 cm³/mol. The van der Waals surface area contributed by atoms with Crippen LogP contribution in [0.4, 0.5) is 5.69 Å². The first-order chi connectivity index (χ1) is 9.99. The molecule has 0 unspecified atom stereocenters. The van der Waals surface area contributed by atoms with Gasteiger partial charge < -0.3 is 0 Å². The number of halogens is 2. The third kappa shape index (κ3) is 3.77. The van der Waals surface area contributed by atoms with E-state index < -0.39 is 4.92 Å². The van der Waals surface area contributed by atoms with Crippen LogP contribution in [0.2, 0.25) is 5.02 Å². The highest BCUT2D eigenvalue weighted by atomic mass is 79.9. The Morgan fingerprint density at radius 1 is 1.24 bits per heavy atom. The van der Waals surface area contributed by atoms with Crippen LogP contribution in [0.3, 0.4) is 0 Å². The van der Waals surface area contributed by atoms with E-state index in [0.717, 1.165) is 0 Å². The van der Waals surface area contributed by atoms with Crippen molar-refractivity contribution in [1.82, 2.24) is 0 Å². The molecule has 0 atom stereocenters. The number of hydrogen-bond donors (Lipinski definition) is 0. The van der Waals surface area contributed by atoms with E-state index in [4.69, 9.17) is 11.6 Å². The van der Waals surface area contributed by atoms with Crippen LogP contribution in [0.1, 0.15) is 15.9 Å². The first-order valence-corrected chi connectivity index (χ1v) is 7.07. The fraction of sp³-hybridized carbons (Fsp3) is 0. The van der Waals surface area contributed by atoms with Crippen LogP contribution in [0.5, 0.6) is 0 Å². The normalized spacial score (nSPS) is 10.8. The number of nitrogens with zero attached hydrogens (tertiary/aromatic N) is 1. The molecule has 0 fully saturated rings. The van der Waals surface area contributed by atoms with Gasteiger partial charge in [-0.25, -0.2) is 0 Å². The molecule has 0 spiro atoms. The van der Waals surface area contributed by atoms with Gasteiger partial charge in [-0.05, 0) is 45.8 Å². The fourth-order valence-corrected chi connectivity index (χ4v) is 2.32. The van der Waals surface area contributed by atoms with E-state index in [1.165, 1.54) is 18.2 Å². The summed E-state index contributed by atoms with van der Waals surface area (Å²) in [6.45, 7) is 0. The topological polar surface area (TPSA) is 60.2 Å². The molecular formula is C15H9BrClNO3. The van der Waals surface area contributed by atoms with Gasteiger partial charge in [0.1, 0.15) is 0 Å². The molecular weight excluding hydrogens is 358 g/mol. The molecule has 0 radical (unpaired) electrons. The van der Waals surface area contributed by atoms with E-state index in [2.05, 4.69) is 15.9 Å². The van der Waals surface area contributed by atoms with Gasteiger partial charge in [-0.3, -0.25) is 14.9 Å². The van der Waals surface area contributed by atoms with E-state index in [9.17, 15) is 14.9 Å². The van der Waals surface area contributed by atoms with Gasteiger partial charge in [0.05, 0.1) is 14.4 Å². The maximum atomic E-state index is 12.0. The molecule has 106 valence electrons. The van der Waals surface area contributed by atoms with Crippen LogP contribution < -0.4 is 0 Å². The molecule has 0 heterocycles. The number of nitro groups is 1. The zero-order valence-electron chi connectivity index (χ0n) is 10.6. The van der Waals surface area contributed by atoms with Crippen LogP contribution in [-0.2, 0) is 0 Å². The average molecular weight is 367 g/mol. The zero-order valence-corrected chi connectivity index (χ0v) is 13.0. The Labute approximate surface area is 134 Å². The number of carbonyl (C=O) groups is 1. The number of hydrogen-bond acceptors (Lipinski definition) is 3. The van der Waals surface area contributed by atoms with Crippen molar-refractivity contribution in [2.75, 3.05) is 0 Å². The van der Waals surface area contributed by atoms with Crippen LogP contribution in [-0.4, -0.2) is 10.7 Å². The minimum Gasteiger partial charge on any atom is -0.289 e. The molecule has 0 aliphatic rings. The van der Waals surface area contributed by atoms with Gasteiger partial charge >= 0.3 is 0 Å². The van der Waals surface area contributed by atoms with E-state index in [-0.39, 0.29) is 11.5 Å². The monoisotopic (exact) mass is 365 g/mol. The van der Waals surface area contributed by atoms with Crippen molar-refractivity contribution < 1.29 is 9.72 Å². The third-order valence-electron chi connectivity index (χ3n) is 2.73. The number of benzene rings is 2. The van der Waals surface area contributed by atoms with Crippen molar-refractivity contribution in [2.24, 2.45) is 0 Å². The second kappa shape index (κ2) is 6.65. The number of ketones is 1. The molecule has 2 aromatic carbocycles. The first-order valence-electron chi connectivity index (χ1n) is 5.90. The van der Waals surface area contributed by atoms with Gasteiger partial charge in [0, 0.05) is 11.6 Å². The maximum absolute atomic E-state index is 12.0. The lowest BCUT2D eigenvalue weighted by Crippen LogP contribution is -1.95. The minimum absolute atomic E-state index is 0.0534. The van der Waals surface area contributed by atoms with Gasteiger partial charge in [0.25, 0.3) is 5.69 Å². The number of carbonyl (C=O) groups excluding carboxylic acids is 1. The third-order valence-corrected chi connectivity index (χ3v) is 3.73. The van der Waals surface area contributed by atoms with Crippen molar-refractivity contribution in [3.8, 4) is 0 Å². The summed E-state index contributed by atoms with van der Waals surface area (Å²) in [5, 5.41) is 11.2. The van der Waals surface area contributed by atoms with Crippen molar-refractivity contribution >= 4 is 45.1 Å². The van der Waals surface area contributed by atoms with Crippen molar-refractivity contribution in [2.45, 2.75) is 0 Å². The zero-order chi connectivity index (χ0) is 15.4. The summed E-state index contributed by atoms with van der Waals surface area (Å²) in [4.78, 5) is 22.4. The molecule has 6 heteroatoms. The fourth-order valence-electron chi connectivity index (χ4n) is 1.70. The van der Waals surface area contributed by atoms with Crippen LogP contribution >= 0.6 is 27.5 Å². The lowest BCUT2D eigenvalue weighted by Gasteiger charge is -1.99. The molecule has 21 heavy (non-hydrogen) atoms. The minimum atomic E-state index is -0.489. The first kappa shape index (κ1) is 15.4. The Hall–Kier alpha value is -1.98. The molecule has 0 saturated heterocycles. The van der Waals surface area contributed by atoms with E-state index >= 15 is 0 Å². The molecule has 4 nitrogen and oxygen atoms in total. The van der Waals surface area contributed by atoms with Gasteiger partial charge in [0.15, 0.2) is 5.78 Å². The predicted octanol–water partition coefficient (Wildman–Crippen LogP) is 4.91. The summed E-state index contributed by atoms with van der Waals surface area (Å²) >= 11 is 9.05. The van der Waals surface area contributed by atoms with E-state index in [0.29, 0.717) is 20.6 Å². The number of nitro benzene ring substituents is 1. The molecule has 0 amide bonds. The number of rotatable bonds is 4. The second-order valence-electron chi connectivity index (χ2n) is 4.15. The highest BCUT2D eigenvalue weighted by Crippen LogP contribution is 2.26. The van der Waals surface area contributed by atoms with Crippen molar-refractivity contribution in [1.29, 1.82) is 0 Å². The van der Waals surface area contributed by atoms with Crippen molar-refractivity contribution in [3.63, 3.8) is 0 Å². The standard InChI is InChI=1S/C15H9BrClNO3/c16-12-7-5-10(9-14(12)18(20)21)6-8-15(19)11-3-1-2-4-13(11)17/h1-9H/b8-6+. The summed E-state index contributed by atoms with van der Waals surface area (Å²) in [5.74, 6) is -0.258. The van der Waals surface area contributed by atoms with Gasteiger partial charge in [-0.1, -0.05) is 35.9 Å². The Kier molecular flexibility index (Phi) is 4.88. The Morgan fingerprint density at radius 2 is 1.95 bits per heavy atom. The number of allylic oxidation sites excluding steroid dienone is 1. The maximum Gasteiger partial charge on any atom is 0.284 e. The molecule has 0 N–H and O–H groups in total. The van der Waals surface area contributed by atoms with Gasteiger partial charge in [-0.15, -0.1) is 0 Å². The molecule has 2 rings (SSSR count). The highest BCUT2D eigenvalue weighted by Gasteiger charge is 2.11. The van der Waals surface area contributed by atoms with E-state index in [1.807, 2.05) is 0 Å².